The number of fused-ring (bicyclic) bond motifs is 11. The molecule has 2 heterocycles. The van der Waals surface area contributed by atoms with E-state index in [0.717, 1.165) is 56.1 Å². The second-order valence-electron chi connectivity index (χ2n) is 14.9. The first-order valence-corrected chi connectivity index (χ1v) is 20.5. The molecular weight excluding hydrogens is 725 g/mol. The van der Waals surface area contributed by atoms with Crippen LogP contribution in [0, 0.1) is 0 Å². The van der Waals surface area contributed by atoms with Crippen molar-refractivity contribution in [3.8, 4) is 0 Å². The van der Waals surface area contributed by atoms with Gasteiger partial charge in [-0.05, 0) is 122 Å². The van der Waals surface area contributed by atoms with Crippen LogP contribution in [0.1, 0.15) is 0 Å². The minimum atomic E-state index is 0.882. The van der Waals surface area contributed by atoms with Crippen LogP contribution in [0.15, 0.2) is 211 Å². The number of hydrogen-bond donors (Lipinski definition) is 0. The van der Waals surface area contributed by atoms with Crippen LogP contribution in [0.2, 0.25) is 0 Å². The monoisotopic (exact) mass is 758 g/mol. The van der Waals surface area contributed by atoms with Crippen molar-refractivity contribution in [3.63, 3.8) is 0 Å². The van der Waals surface area contributed by atoms with E-state index >= 15 is 0 Å². The molecule has 0 saturated carbocycles. The molecule has 0 saturated heterocycles. The van der Waals surface area contributed by atoms with E-state index in [2.05, 4.69) is 216 Å². The van der Waals surface area contributed by atoms with Crippen LogP contribution in [0.5, 0.6) is 0 Å². The van der Waals surface area contributed by atoms with Crippen molar-refractivity contribution >= 4 is 120 Å². The van der Waals surface area contributed by atoms with Crippen molar-refractivity contribution in [1.82, 2.24) is 0 Å². The Bertz CT molecular complexity index is 3300. The summed E-state index contributed by atoms with van der Waals surface area (Å²) in [6, 6.07) is 74.4. The van der Waals surface area contributed by atoms with Crippen molar-refractivity contribution in [2.75, 3.05) is 9.80 Å². The van der Waals surface area contributed by atoms with Crippen molar-refractivity contribution < 1.29 is 4.42 Å². The van der Waals surface area contributed by atoms with E-state index in [4.69, 9.17) is 4.42 Å². The molecule has 0 bridgehead atoms. The van der Waals surface area contributed by atoms with Gasteiger partial charge in [0.25, 0.3) is 0 Å². The highest BCUT2D eigenvalue weighted by Crippen LogP contribution is 2.46. The number of furan rings is 1. The summed E-state index contributed by atoms with van der Waals surface area (Å²) < 4.78 is 9.17. The number of thiophene rings is 1. The van der Waals surface area contributed by atoms with E-state index in [1.807, 2.05) is 0 Å². The normalized spacial score (nSPS) is 11.8. The lowest BCUT2D eigenvalue weighted by atomic mass is 10.0. The van der Waals surface area contributed by atoms with Gasteiger partial charge in [-0.2, -0.15) is 0 Å². The van der Waals surface area contributed by atoms with Gasteiger partial charge in [-0.1, -0.05) is 121 Å². The lowest BCUT2D eigenvalue weighted by Crippen LogP contribution is -2.09. The standard InChI is InChI=1S/C54H34N2OS/c1-3-13-39(14-4-1)55(41-23-27-47-37(31-41)21-19-35-11-7-9-17-45(35)47)43-25-29-49-51(33-43)57-53-50-30-26-44(34-52(50)58-54(49)53)56(40-15-5-2-6-16-40)42-24-28-48-38(32-42)22-20-36-12-8-10-18-46(36)48/h1-34H. The first kappa shape index (κ1) is 32.8. The SMILES string of the molecule is c1ccc(N(c2ccc3c(ccc4ccccc43)c2)c2ccc3c(c2)oc2c4ccc(N(c5ccccc5)c5ccc6c(ccc7ccccc76)c5)cc4sc32)cc1. The van der Waals surface area contributed by atoms with Crippen LogP contribution in [-0.4, -0.2) is 0 Å². The zero-order valence-corrected chi connectivity index (χ0v) is 32.2. The summed E-state index contributed by atoms with van der Waals surface area (Å²) in [5.74, 6) is 0. The molecule has 2 aromatic heterocycles. The lowest BCUT2D eigenvalue weighted by molar-refractivity contribution is 0.673. The number of nitrogens with zero attached hydrogens (tertiary/aromatic N) is 2. The summed E-state index contributed by atoms with van der Waals surface area (Å²) in [5.41, 5.74) is 8.40. The number of rotatable bonds is 6. The van der Waals surface area contributed by atoms with Gasteiger partial charge in [0.2, 0.25) is 0 Å². The minimum Gasteiger partial charge on any atom is -0.454 e. The predicted molar refractivity (Wildman–Crippen MR) is 248 cm³/mol. The van der Waals surface area contributed by atoms with Crippen LogP contribution in [0.3, 0.4) is 0 Å². The lowest BCUT2D eigenvalue weighted by Gasteiger charge is -2.26. The highest BCUT2D eigenvalue weighted by atomic mass is 32.1. The molecule has 4 heteroatoms. The van der Waals surface area contributed by atoms with E-state index in [0.29, 0.717) is 0 Å². The van der Waals surface area contributed by atoms with Gasteiger partial charge in [-0.15, -0.1) is 11.3 Å². The first-order valence-electron chi connectivity index (χ1n) is 19.7. The van der Waals surface area contributed by atoms with E-state index in [-0.39, 0.29) is 0 Å². The molecule has 3 nitrogen and oxygen atoms in total. The molecule has 0 aliphatic carbocycles. The van der Waals surface area contributed by atoms with Gasteiger partial charge in [0.05, 0.1) is 4.70 Å². The summed E-state index contributed by atoms with van der Waals surface area (Å²) in [4.78, 5) is 4.68. The zero-order valence-electron chi connectivity index (χ0n) is 31.3. The van der Waals surface area contributed by atoms with Crippen molar-refractivity contribution in [1.29, 1.82) is 0 Å². The van der Waals surface area contributed by atoms with E-state index in [9.17, 15) is 0 Å². The quantitative estimate of drug-likeness (QED) is 0.157. The molecule has 0 amide bonds. The molecular formula is C54H34N2OS. The summed E-state index contributed by atoms with van der Waals surface area (Å²) in [5, 5.41) is 12.2. The molecule has 0 radical (unpaired) electrons. The molecule has 12 aromatic rings. The Morgan fingerprint density at radius 1 is 0.310 bits per heavy atom. The largest absolute Gasteiger partial charge is 0.454 e. The topological polar surface area (TPSA) is 19.6 Å². The molecule has 0 N–H and O–H groups in total. The Kier molecular flexibility index (Phi) is 7.40. The second-order valence-corrected chi connectivity index (χ2v) is 16.0. The van der Waals surface area contributed by atoms with Crippen LogP contribution in [0.4, 0.5) is 34.1 Å². The molecule has 0 aliphatic heterocycles. The number of para-hydroxylation sites is 2. The fourth-order valence-corrected chi connectivity index (χ4v) is 10.0. The molecule has 272 valence electrons. The molecule has 58 heavy (non-hydrogen) atoms. The Morgan fingerprint density at radius 2 is 0.741 bits per heavy atom. The third kappa shape index (κ3) is 5.27. The Hall–Kier alpha value is -7.40. The summed E-state index contributed by atoms with van der Waals surface area (Å²) in [6.07, 6.45) is 0. The van der Waals surface area contributed by atoms with E-state index in [1.165, 1.54) is 52.5 Å². The van der Waals surface area contributed by atoms with Gasteiger partial charge < -0.3 is 14.2 Å². The number of benzene rings is 10. The van der Waals surface area contributed by atoms with E-state index in [1.54, 1.807) is 11.3 Å². The zero-order chi connectivity index (χ0) is 38.2. The van der Waals surface area contributed by atoms with Crippen molar-refractivity contribution in [2.24, 2.45) is 0 Å². The van der Waals surface area contributed by atoms with Crippen molar-refractivity contribution in [2.45, 2.75) is 0 Å². The smallest absolute Gasteiger partial charge is 0.154 e. The van der Waals surface area contributed by atoms with Gasteiger partial charge in [0.15, 0.2) is 5.58 Å². The van der Waals surface area contributed by atoms with E-state index < -0.39 is 0 Å². The molecule has 10 aromatic carbocycles. The van der Waals surface area contributed by atoms with Crippen LogP contribution < -0.4 is 9.80 Å². The molecule has 0 aliphatic rings. The summed E-state index contributed by atoms with van der Waals surface area (Å²) >= 11 is 1.80. The van der Waals surface area contributed by atoms with Gasteiger partial charge in [-0.25, -0.2) is 0 Å². The fourth-order valence-electron chi connectivity index (χ4n) is 8.84. The highest BCUT2D eigenvalue weighted by Gasteiger charge is 2.20. The number of anilines is 6. The minimum absolute atomic E-state index is 0.882. The molecule has 0 unspecified atom stereocenters. The first-order chi connectivity index (χ1) is 28.7. The predicted octanol–water partition coefficient (Wildman–Crippen LogP) is 16.4. The molecule has 0 atom stereocenters. The van der Waals surface area contributed by atoms with Gasteiger partial charge >= 0.3 is 0 Å². The Balaban J connectivity index is 0.955. The van der Waals surface area contributed by atoms with Gasteiger partial charge in [0, 0.05) is 55.7 Å². The van der Waals surface area contributed by atoms with Gasteiger partial charge in [-0.3, -0.25) is 0 Å². The van der Waals surface area contributed by atoms with Crippen LogP contribution >= 0.6 is 11.3 Å². The average molecular weight is 759 g/mol. The molecule has 0 fully saturated rings. The maximum Gasteiger partial charge on any atom is 0.154 e. The highest BCUT2D eigenvalue weighted by molar-refractivity contribution is 7.26. The third-order valence-corrected chi connectivity index (χ3v) is 12.7. The third-order valence-electron chi connectivity index (χ3n) is 11.6. The van der Waals surface area contributed by atoms with Crippen molar-refractivity contribution in [3.05, 3.63) is 206 Å². The fraction of sp³-hybridized carbons (Fsp3) is 0. The summed E-state index contributed by atoms with van der Waals surface area (Å²) in [7, 11) is 0. The molecule has 12 rings (SSSR count). The maximum absolute atomic E-state index is 6.81. The molecule has 0 spiro atoms. The van der Waals surface area contributed by atoms with Crippen LogP contribution in [0.25, 0.3) is 74.4 Å². The Morgan fingerprint density at radius 3 is 1.31 bits per heavy atom. The van der Waals surface area contributed by atoms with Gasteiger partial charge in [0.1, 0.15) is 5.58 Å². The maximum atomic E-state index is 6.81. The second kappa shape index (κ2) is 13.1. The summed E-state index contributed by atoms with van der Waals surface area (Å²) in [6.45, 7) is 0. The average Bonchev–Trinajstić information content (AvgIpc) is 3.82. The number of hydrogen-bond acceptors (Lipinski definition) is 4. The Labute approximate surface area is 338 Å². The van der Waals surface area contributed by atoms with Crippen LogP contribution in [-0.2, 0) is 0 Å².